The van der Waals surface area contributed by atoms with Gasteiger partial charge in [-0.2, -0.15) is 18.4 Å². The van der Waals surface area contributed by atoms with Crippen LogP contribution in [-0.2, 0) is 16.1 Å². The van der Waals surface area contributed by atoms with E-state index in [4.69, 9.17) is 4.74 Å². The Hall–Kier alpha value is -3.31. The molecule has 1 aromatic heterocycles. The summed E-state index contributed by atoms with van der Waals surface area (Å²) in [6, 6.07) is 16.5. The van der Waals surface area contributed by atoms with Crippen LogP contribution in [0.1, 0.15) is 42.7 Å². The first kappa shape index (κ1) is 25.0. The predicted octanol–water partition coefficient (Wildman–Crippen LogP) is 3.94. The third-order valence-corrected chi connectivity index (χ3v) is 8.13. The average Bonchev–Trinajstić information content (AvgIpc) is 3.30. The fourth-order valence-electron chi connectivity index (χ4n) is 6.05. The van der Waals surface area contributed by atoms with Crippen molar-refractivity contribution in [2.24, 2.45) is 0 Å². The smallest absolute Gasteiger partial charge is 0.373 e. The lowest BCUT2D eigenvalue weighted by atomic mass is 9.86. The second-order valence-electron chi connectivity index (χ2n) is 10.6. The summed E-state index contributed by atoms with van der Waals surface area (Å²) in [4.78, 5) is 16.0. The van der Waals surface area contributed by atoms with Crippen molar-refractivity contribution in [3.8, 4) is 11.4 Å². The maximum Gasteiger partial charge on any atom is 0.471 e. The molecule has 0 bridgehead atoms. The van der Waals surface area contributed by atoms with Gasteiger partial charge in [0, 0.05) is 37.2 Å². The molecule has 8 nitrogen and oxygen atoms in total. The Morgan fingerprint density at radius 3 is 2.50 bits per heavy atom. The van der Waals surface area contributed by atoms with Gasteiger partial charge < -0.3 is 9.64 Å². The number of amides is 1. The van der Waals surface area contributed by atoms with E-state index in [-0.39, 0.29) is 12.5 Å². The van der Waals surface area contributed by atoms with Crippen molar-refractivity contribution >= 4 is 5.91 Å². The Morgan fingerprint density at radius 2 is 1.84 bits per heavy atom. The molecule has 2 aromatic carbocycles. The van der Waals surface area contributed by atoms with Gasteiger partial charge in [-0.1, -0.05) is 54.6 Å². The van der Waals surface area contributed by atoms with Crippen LogP contribution in [0.5, 0.6) is 0 Å². The molecule has 3 fully saturated rings. The molecule has 1 N–H and O–H groups in total. The summed E-state index contributed by atoms with van der Waals surface area (Å²) in [7, 11) is 0. The highest BCUT2D eigenvalue weighted by Crippen LogP contribution is 2.49. The topological polar surface area (TPSA) is 87.2 Å². The molecule has 3 aliphatic rings. The molecule has 1 unspecified atom stereocenters. The van der Waals surface area contributed by atoms with E-state index in [0.29, 0.717) is 18.7 Å². The quantitative estimate of drug-likeness (QED) is 0.524. The highest BCUT2D eigenvalue weighted by molar-refractivity contribution is 5.83. The number of hydrogen-bond donors (Lipinski definition) is 1. The molecule has 3 aromatic rings. The van der Waals surface area contributed by atoms with Gasteiger partial charge in [-0.3, -0.25) is 9.69 Å². The lowest BCUT2D eigenvalue weighted by molar-refractivity contribution is -0.188. The first-order valence-electron chi connectivity index (χ1n) is 12.9. The minimum atomic E-state index is -4.90. The minimum absolute atomic E-state index is 0.0626. The molecular weight excluding hydrogens is 497 g/mol. The van der Waals surface area contributed by atoms with E-state index in [0.717, 1.165) is 54.1 Å². The Balaban J connectivity index is 1.08. The molecule has 11 heteroatoms. The normalized spacial score (nSPS) is 25.0. The van der Waals surface area contributed by atoms with E-state index in [1.54, 1.807) is 0 Å². The summed E-state index contributed by atoms with van der Waals surface area (Å²) in [5.41, 5.74) is 2.53. The standard InChI is InChI=1S/C27H29F3N6O2/c28-27(29,30)25(37)36(23-14-22(23)19-4-2-1-3-5-19)21-15-26(38-17-21)10-12-35(13-11-26)16-18-6-8-20(9-7-18)24-31-33-34-32-24/h1-9,21-23H,10-17H2,(H,31,32,33,34)/t21?,22-,23+/m0/s1. The van der Waals surface area contributed by atoms with Gasteiger partial charge in [-0.15, -0.1) is 10.2 Å². The number of tetrazole rings is 1. The maximum atomic E-state index is 13.6. The van der Waals surface area contributed by atoms with Gasteiger partial charge >= 0.3 is 12.1 Å². The highest BCUT2D eigenvalue weighted by atomic mass is 19.4. The van der Waals surface area contributed by atoms with Crippen molar-refractivity contribution in [3.63, 3.8) is 0 Å². The van der Waals surface area contributed by atoms with Crippen LogP contribution >= 0.6 is 0 Å². The number of rotatable bonds is 6. The number of likely N-dealkylation sites (tertiary alicyclic amines) is 1. The molecule has 1 saturated carbocycles. The van der Waals surface area contributed by atoms with Crippen LogP contribution in [0, 0.1) is 0 Å². The Morgan fingerprint density at radius 1 is 1.11 bits per heavy atom. The van der Waals surface area contributed by atoms with Gasteiger partial charge in [0.05, 0.1) is 18.2 Å². The number of halogens is 3. The summed E-state index contributed by atoms with van der Waals surface area (Å²) in [6.07, 6.45) is -2.45. The first-order chi connectivity index (χ1) is 18.3. The molecule has 3 atom stereocenters. The number of aromatic nitrogens is 4. The van der Waals surface area contributed by atoms with Crippen LogP contribution in [0.15, 0.2) is 54.6 Å². The number of nitrogens with zero attached hydrogens (tertiary/aromatic N) is 5. The molecule has 38 heavy (non-hydrogen) atoms. The SMILES string of the molecule is O=C(N(C1COC2(CCN(Cc3ccc(-c4nn[nH]n4)cc3)CC2)C1)[C@@H]1C[C@H]1c1ccccc1)C(F)(F)F. The first-order valence-corrected chi connectivity index (χ1v) is 12.9. The van der Waals surface area contributed by atoms with E-state index < -0.39 is 29.8 Å². The van der Waals surface area contributed by atoms with Gasteiger partial charge in [0.25, 0.3) is 0 Å². The van der Waals surface area contributed by atoms with Crippen LogP contribution in [0.25, 0.3) is 11.4 Å². The number of aromatic amines is 1. The van der Waals surface area contributed by atoms with E-state index in [9.17, 15) is 18.0 Å². The Bertz CT molecular complexity index is 1240. The van der Waals surface area contributed by atoms with Crippen molar-refractivity contribution < 1.29 is 22.7 Å². The number of hydrogen-bond acceptors (Lipinski definition) is 6. The monoisotopic (exact) mass is 526 g/mol. The van der Waals surface area contributed by atoms with E-state index in [2.05, 4.69) is 25.5 Å². The van der Waals surface area contributed by atoms with E-state index in [1.165, 1.54) is 0 Å². The van der Waals surface area contributed by atoms with Gasteiger partial charge in [0.1, 0.15) is 0 Å². The summed E-state index contributed by atoms with van der Waals surface area (Å²) >= 11 is 0. The fourth-order valence-corrected chi connectivity index (χ4v) is 6.05. The van der Waals surface area contributed by atoms with Gasteiger partial charge in [0.2, 0.25) is 5.82 Å². The zero-order valence-corrected chi connectivity index (χ0v) is 20.8. The number of carbonyl (C=O) groups is 1. The number of benzene rings is 2. The zero-order valence-electron chi connectivity index (χ0n) is 20.8. The maximum absolute atomic E-state index is 13.6. The lowest BCUT2D eigenvalue weighted by Gasteiger charge is -2.39. The zero-order chi connectivity index (χ0) is 26.3. The molecule has 1 spiro atoms. The van der Waals surface area contributed by atoms with Crippen molar-refractivity contribution in [2.45, 2.75) is 62.0 Å². The molecule has 0 radical (unpaired) electrons. The average molecular weight is 527 g/mol. The Kier molecular flexibility index (Phi) is 6.43. The minimum Gasteiger partial charge on any atom is -0.373 e. The van der Waals surface area contributed by atoms with Crippen LogP contribution in [0.3, 0.4) is 0 Å². The lowest BCUT2D eigenvalue weighted by Crippen LogP contribution is -2.50. The molecule has 3 heterocycles. The number of H-pyrrole nitrogens is 1. The number of piperidine rings is 1. The van der Waals surface area contributed by atoms with Gasteiger partial charge in [-0.25, -0.2) is 0 Å². The second-order valence-corrected chi connectivity index (χ2v) is 10.6. The predicted molar refractivity (Wildman–Crippen MR) is 132 cm³/mol. The highest BCUT2D eigenvalue weighted by Gasteiger charge is 2.57. The summed E-state index contributed by atoms with van der Waals surface area (Å²) in [6.45, 7) is 2.48. The van der Waals surface area contributed by atoms with Crippen LogP contribution in [0.2, 0.25) is 0 Å². The van der Waals surface area contributed by atoms with Crippen LogP contribution in [0.4, 0.5) is 13.2 Å². The third kappa shape index (κ3) is 5.04. The Labute approximate surface area is 218 Å². The van der Waals surface area contributed by atoms with E-state index >= 15 is 0 Å². The largest absolute Gasteiger partial charge is 0.471 e. The van der Waals surface area contributed by atoms with Gasteiger partial charge in [-0.05, 0) is 42.0 Å². The molecule has 6 rings (SSSR count). The number of ether oxygens (including phenoxy) is 1. The second kappa shape index (κ2) is 9.77. The molecule has 2 aliphatic heterocycles. The summed E-state index contributed by atoms with van der Waals surface area (Å²) < 4.78 is 47.1. The van der Waals surface area contributed by atoms with Crippen molar-refractivity contribution in [3.05, 3.63) is 65.7 Å². The molecule has 1 aliphatic carbocycles. The third-order valence-electron chi connectivity index (χ3n) is 8.13. The molecule has 2 saturated heterocycles. The summed E-state index contributed by atoms with van der Waals surface area (Å²) in [5, 5.41) is 14.0. The summed E-state index contributed by atoms with van der Waals surface area (Å²) in [5.74, 6) is -1.26. The van der Waals surface area contributed by atoms with Gasteiger partial charge in [0.15, 0.2) is 0 Å². The van der Waals surface area contributed by atoms with E-state index in [1.807, 2.05) is 54.6 Å². The fraction of sp³-hybridized carbons (Fsp3) is 0.481. The van der Waals surface area contributed by atoms with Crippen LogP contribution < -0.4 is 0 Å². The number of alkyl halides is 3. The molecule has 1 amide bonds. The van der Waals surface area contributed by atoms with Crippen molar-refractivity contribution in [1.82, 2.24) is 30.4 Å². The number of carbonyl (C=O) groups excluding carboxylic acids is 1. The number of nitrogens with one attached hydrogen (secondary N) is 1. The molecule has 200 valence electrons. The molecular formula is C27H29F3N6O2. The van der Waals surface area contributed by atoms with Crippen molar-refractivity contribution in [2.75, 3.05) is 19.7 Å². The van der Waals surface area contributed by atoms with Crippen LogP contribution in [-0.4, -0.2) is 79.9 Å². The van der Waals surface area contributed by atoms with Crippen molar-refractivity contribution in [1.29, 1.82) is 0 Å².